The molecule has 0 aliphatic carbocycles. The van der Waals surface area contributed by atoms with Crippen LogP contribution in [0.3, 0.4) is 0 Å². The number of rotatable bonds is 1. The van der Waals surface area contributed by atoms with Gasteiger partial charge in [0.15, 0.2) is 5.75 Å². The van der Waals surface area contributed by atoms with Crippen molar-refractivity contribution in [2.75, 3.05) is 19.5 Å². The highest BCUT2D eigenvalue weighted by Crippen LogP contribution is 2.41. The Morgan fingerprint density at radius 2 is 2.29 bits per heavy atom. The van der Waals surface area contributed by atoms with Crippen LogP contribution < -0.4 is 20.9 Å². The van der Waals surface area contributed by atoms with Gasteiger partial charge in [0.05, 0.1) is 25.0 Å². The summed E-state index contributed by atoms with van der Waals surface area (Å²) in [6.07, 6.45) is 0.798. The molecule has 0 amide bonds. The van der Waals surface area contributed by atoms with E-state index < -0.39 is 0 Å². The molecule has 0 saturated heterocycles. The van der Waals surface area contributed by atoms with Crippen LogP contribution in [-0.2, 0) is 0 Å². The van der Waals surface area contributed by atoms with Crippen LogP contribution in [-0.4, -0.2) is 13.7 Å². The molecule has 2 rings (SSSR count). The predicted molar refractivity (Wildman–Crippen MR) is 54.4 cm³/mol. The molecule has 0 spiro atoms. The molecule has 0 aromatic heterocycles. The van der Waals surface area contributed by atoms with Crippen molar-refractivity contribution in [1.29, 1.82) is 0 Å². The Hall–Kier alpha value is -1.42. The average molecular weight is 194 g/mol. The minimum atomic E-state index is -0.0443. The van der Waals surface area contributed by atoms with E-state index in [0.717, 1.165) is 17.7 Å². The third kappa shape index (κ3) is 1.28. The van der Waals surface area contributed by atoms with Crippen molar-refractivity contribution in [3.63, 3.8) is 0 Å². The maximum Gasteiger partial charge on any atom is 0.150 e. The minimum absolute atomic E-state index is 0.0443. The number of hydrogen-bond acceptors (Lipinski definition) is 4. The van der Waals surface area contributed by atoms with Gasteiger partial charge in [0.1, 0.15) is 5.75 Å². The number of anilines is 1. The van der Waals surface area contributed by atoms with Crippen LogP contribution in [0.1, 0.15) is 18.0 Å². The first-order valence-corrected chi connectivity index (χ1v) is 4.58. The fourth-order valence-electron chi connectivity index (χ4n) is 1.72. The second-order valence-corrected chi connectivity index (χ2v) is 3.34. The monoisotopic (exact) mass is 194 g/mol. The van der Waals surface area contributed by atoms with Crippen molar-refractivity contribution in [3.8, 4) is 11.5 Å². The predicted octanol–water partition coefficient (Wildman–Crippen LogP) is 1.06. The summed E-state index contributed by atoms with van der Waals surface area (Å²) < 4.78 is 10.7. The third-order valence-electron chi connectivity index (χ3n) is 2.45. The van der Waals surface area contributed by atoms with E-state index in [9.17, 15) is 0 Å². The molecule has 0 saturated carbocycles. The van der Waals surface area contributed by atoms with Gasteiger partial charge in [0, 0.05) is 12.5 Å². The van der Waals surface area contributed by atoms with Gasteiger partial charge >= 0.3 is 0 Å². The van der Waals surface area contributed by atoms with E-state index in [2.05, 4.69) is 0 Å². The Balaban J connectivity index is 2.58. The summed E-state index contributed by atoms with van der Waals surface area (Å²) in [5, 5.41) is 0. The van der Waals surface area contributed by atoms with Gasteiger partial charge in [-0.3, -0.25) is 0 Å². The van der Waals surface area contributed by atoms with Crippen molar-refractivity contribution in [2.45, 2.75) is 12.5 Å². The largest absolute Gasteiger partial charge is 0.496 e. The molecule has 0 fully saturated rings. The van der Waals surface area contributed by atoms with E-state index in [4.69, 9.17) is 20.9 Å². The molecule has 1 aliphatic rings. The van der Waals surface area contributed by atoms with Gasteiger partial charge in [-0.1, -0.05) is 0 Å². The summed E-state index contributed by atoms with van der Waals surface area (Å²) in [5.74, 6) is 1.43. The lowest BCUT2D eigenvalue weighted by Gasteiger charge is -2.25. The first-order chi connectivity index (χ1) is 6.74. The molecular weight excluding hydrogens is 180 g/mol. The molecule has 1 heterocycles. The first kappa shape index (κ1) is 9.15. The molecule has 14 heavy (non-hydrogen) atoms. The summed E-state index contributed by atoms with van der Waals surface area (Å²) >= 11 is 0. The van der Waals surface area contributed by atoms with Crippen LogP contribution in [0, 0.1) is 0 Å². The Kier molecular flexibility index (Phi) is 2.21. The molecule has 1 aromatic rings. The van der Waals surface area contributed by atoms with Crippen LogP contribution in [0.25, 0.3) is 0 Å². The SMILES string of the molecule is COc1ccc(N)c2c1C(N)CCO2. The van der Waals surface area contributed by atoms with Crippen LogP contribution in [0.15, 0.2) is 12.1 Å². The first-order valence-electron chi connectivity index (χ1n) is 4.58. The molecule has 4 nitrogen and oxygen atoms in total. The fourth-order valence-corrected chi connectivity index (χ4v) is 1.72. The summed E-state index contributed by atoms with van der Waals surface area (Å²) in [7, 11) is 1.62. The lowest BCUT2D eigenvalue weighted by atomic mass is 9.99. The standard InChI is InChI=1S/C10H14N2O2/c1-13-8-3-2-7(12)10-9(8)6(11)4-5-14-10/h2-3,6H,4-5,11-12H2,1H3. The maximum atomic E-state index is 5.98. The normalized spacial score (nSPS) is 19.7. The van der Waals surface area contributed by atoms with E-state index in [1.165, 1.54) is 0 Å². The topological polar surface area (TPSA) is 70.5 Å². The van der Waals surface area contributed by atoms with E-state index >= 15 is 0 Å². The van der Waals surface area contributed by atoms with Crippen molar-refractivity contribution in [3.05, 3.63) is 17.7 Å². The van der Waals surface area contributed by atoms with E-state index in [1.54, 1.807) is 13.2 Å². The maximum absolute atomic E-state index is 5.98. The highest BCUT2D eigenvalue weighted by molar-refractivity contribution is 5.63. The number of benzene rings is 1. The molecule has 0 radical (unpaired) electrons. The Bertz CT molecular complexity index is 352. The lowest BCUT2D eigenvalue weighted by Crippen LogP contribution is -2.22. The highest BCUT2D eigenvalue weighted by atomic mass is 16.5. The van der Waals surface area contributed by atoms with Crippen molar-refractivity contribution in [2.24, 2.45) is 5.73 Å². The van der Waals surface area contributed by atoms with E-state index in [1.807, 2.05) is 6.07 Å². The number of nitrogen functional groups attached to an aromatic ring is 1. The molecular formula is C10H14N2O2. The van der Waals surface area contributed by atoms with Crippen LogP contribution in [0.4, 0.5) is 5.69 Å². The minimum Gasteiger partial charge on any atom is -0.496 e. The van der Waals surface area contributed by atoms with Crippen LogP contribution in [0.5, 0.6) is 11.5 Å². The third-order valence-corrected chi connectivity index (χ3v) is 2.45. The molecule has 4 heteroatoms. The quantitative estimate of drug-likeness (QED) is 0.656. The van der Waals surface area contributed by atoms with E-state index in [0.29, 0.717) is 18.0 Å². The van der Waals surface area contributed by atoms with Gasteiger partial charge in [-0.05, 0) is 12.1 Å². The number of methoxy groups -OCH3 is 1. The van der Waals surface area contributed by atoms with Gasteiger partial charge in [-0.25, -0.2) is 0 Å². The number of fused-ring (bicyclic) bond motifs is 1. The zero-order valence-electron chi connectivity index (χ0n) is 8.12. The number of nitrogens with two attached hydrogens (primary N) is 2. The summed E-state index contributed by atoms with van der Waals surface area (Å²) in [6.45, 7) is 0.617. The van der Waals surface area contributed by atoms with Crippen molar-refractivity contribution >= 4 is 5.69 Å². The Morgan fingerprint density at radius 3 is 3.00 bits per heavy atom. The molecule has 1 unspecified atom stereocenters. The van der Waals surface area contributed by atoms with Crippen molar-refractivity contribution in [1.82, 2.24) is 0 Å². The van der Waals surface area contributed by atoms with Crippen LogP contribution in [0.2, 0.25) is 0 Å². The number of ether oxygens (including phenoxy) is 2. The summed E-state index contributed by atoms with van der Waals surface area (Å²) in [6, 6.07) is 3.55. The lowest BCUT2D eigenvalue weighted by molar-refractivity contribution is 0.264. The smallest absolute Gasteiger partial charge is 0.150 e. The van der Waals surface area contributed by atoms with E-state index in [-0.39, 0.29) is 6.04 Å². The van der Waals surface area contributed by atoms with Gasteiger partial charge in [-0.2, -0.15) is 0 Å². The average Bonchev–Trinajstić information content (AvgIpc) is 2.20. The Morgan fingerprint density at radius 1 is 1.50 bits per heavy atom. The molecule has 1 atom stereocenters. The highest BCUT2D eigenvalue weighted by Gasteiger charge is 2.24. The van der Waals surface area contributed by atoms with Crippen molar-refractivity contribution < 1.29 is 9.47 Å². The molecule has 76 valence electrons. The molecule has 4 N–H and O–H groups in total. The van der Waals surface area contributed by atoms with Gasteiger partial charge < -0.3 is 20.9 Å². The zero-order valence-corrected chi connectivity index (χ0v) is 8.12. The second kappa shape index (κ2) is 3.38. The molecule has 0 bridgehead atoms. The molecule has 1 aliphatic heterocycles. The summed E-state index contributed by atoms with van der Waals surface area (Å²) in [5.41, 5.74) is 13.3. The molecule has 1 aromatic carbocycles. The number of hydrogen-bond donors (Lipinski definition) is 2. The second-order valence-electron chi connectivity index (χ2n) is 3.34. The Labute approximate surface area is 82.8 Å². The summed E-state index contributed by atoms with van der Waals surface area (Å²) in [4.78, 5) is 0. The zero-order chi connectivity index (χ0) is 10.1. The van der Waals surface area contributed by atoms with Crippen LogP contribution >= 0.6 is 0 Å². The van der Waals surface area contributed by atoms with Gasteiger partial charge in [0.25, 0.3) is 0 Å². The van der Waals surface area contributed by atoms with Gasteiger partial charge in [0.2, 0.25) is 0 Å². The fraction of sp³-hybridized carbons (Fsp3) is 0.400. The van der Waals surface area contributed by atoms with Gasteiger partial charge in [-0.15, -0.1) is 0 Å².